The van der Waals surface area contributed by atoms with Gasteiger partial charge < -0.3 is 15.0 Å². The third-order valence-electron chi connectivity index (χ3n) is 5.00. The van der Waals surface area contributed by atoms with E-state index < -0.39 is 0 Å². The second-order valence-electron chi connectivity index (χ2n) is 6.46. The predicted molar refractivity (Wildman–Crippen MR) is 95.4 cm³/mol. The van der Waals surface area contributed by atoms with E-state index in [4.69, 9.17) is 4.74 Å². The largest absolute Gasteiger partial charge is 0.493 e. The Labute approximate surface area is 143 Å². The Morgan fingerprint density at radius 3 is 3.09 bits per heavy atom. The number of fused-ring (bicyclic) bond motifs is 1. The maximum Gasteiger partial charge on any atom is 0.317 e. The number of hydrogen-bond donors (Lipinski definition) is 1. The van der Waals surface area contributed by atoms with E-state index in [0.717, 1.165) is 38.0 Å². The van der Waals surface area contributed by atoms with Crippen LogP contribution in [-0.4, -0.2) is 48.7 Å². The van der Waals surface area contributed by atoms with Crippen LogP contribution in [0.2, 0.25) is 0 Å². The van der Waals surface area contributed by atoms with Crippen LogP contribution in [-0.2, 0) is 12.8 Å². The van der Waals surface area contributed by atoms with Gasteiger partial charge in [0.1, 0.15) is 5.75 Å². The van der Waals surface area contributed by atoms with E-state index in [2.05, 4.69) is 23.7 Å². The molecule has 2 atom stereocenters. The Morgan fingerprint density at radius 2 is 2.30 bits per heavy atom. The van der Waals surface area contributed by atoms with E-state index in [1.807, 2.05) is 29.8 Å². The van der Waals surface area contributed by atoms with Crippen molar-refractivity contribution in [3.05, 3.63) is 29.3 Å². The Bertz CT molecular complexity index is 564. The predicted octanol–water partition coefficient (Wildman–Crippen LogP) is 3.09. The lowest BCUT2D eigenvalue weighted by atomic mass is 10.1. The van der Waals surface area contributed by atoms with E-state index in [1.165, 1.54) is 17.5 Å². The average molecular weight is 334 g/mol. The molecule has 23 heavy (non-hydrogen) atoms. The van der Waals surface area contributed by atoms with Gasteiger partial charge in [0.25, 0.3) is 0 Å². The van der Waals surface area contributed by atoms with E-state index >= 15 is 0 Å². The highest BCUT2D eigenvalue weighted by Gasteiger charge is 2.29. The molecule has 3 rings (SSSR count). The molecule has 0 unspecified atom stereocenters. The van der Waals surface area contributed by atoms with Gasteiger partial charge in [0.2, 0.25) is 0 Å². The van der Waals surface area contributed by atoms with Crippen molar-refractivity contribution >= 4 is 17.8 Å². The average Bonchev–Trinajstić information content (AvgIpc) is 3.22. The fraction of sp³-hybridized carbons (Fsp3) is 0.611. The Balaban J connectivity index is 1.44. The molecular formula is C18H26N2O2S. The number of thioether (sulfide) groups is 1. The molecule has 1 N–H and O–H groups in total. The fourth-order valence-corrected chi connectivity index (χ4v) is 4.27. The van der Waals surface area contributed by atoms with Crippen molar-refractivity contribution in [3.63, 3.8) is 0 Å². The van der Waals surface area contributed by atoms with E-state index in [-0.39, 0.29) is 6.03 Å². The number of benzene rings is 1. The highest BCUT2D eigenvalue weighted by Crippen LogP contribution is 2.31. The molecular weight excluding hydrogens is 308 g/mol. The van der Waals surface area contributed by atoms with Gasteiger partial charge in [0.15, 0.2) is 0 Å². The van der Waals surface area contributed by atoms with Crippen molar-refractivity contribution in [3.8, 4) is 5.75 Å². The first-order valence-electron chi connectivity index (χ1n) is 8.45. The summed E-state index contributed by atoms with van der Waals surface area (Å²) in [4.78, 5) is 14.2. The van der Waals surface area contributed by atoms with Crippen molar-refractivity contribution < 1.29 is 9.53 Å². The highest BCUT2D eigenvalue weighted by atomic mass is 32.2. The summed E-state index contributed by atoms with van der Waals surface area (Å²) in [5, 5.41) is 3.77. The number of rotatable bonds is 5. The monoisotopic (exact) mass is 334 g/mol. The van der Waals surface area contributed by atoms with Crippen LogP contribution in [0, 0.1) is 0 Å². The molecule has 0 radical (unpaired) electrons. The maximum atomic E-state index is 12.3. The summed E-state index contributed by atoms with van der Waals surface area (Å²) in [5.74, 6) is 1.02. The zero-order valence-electron chi connectivity index (χ0n) is 14.0. The molecule has 1 aromatic carbocycles. The molecule has 2 aliphatic rings. The molecule has 2 amide bonds. The zero-order valence-corrected chi connectivity index (χ0v) is 14.8. The third-order valence-corrected chi connectivity index (χ3v) is 6.10. The summed E-state index contributed by atoms with van der Waals surface area (Å²) in [6.45, 7) is 1.47. The van der Waals surface area contributed by atoms with Crippen LogP contribution in [0.1, 0.15) is 30.4 Å². The SMILES string of the molecule is CS[C@@H]1CC[C@H](N(C)C(=O)NCCc2ccc3c(c2)CCO3)C1. The Kier molecular flexibility index (Phi) is 5.36. The highest BCUT2D eigenvalue weighted by molar-refractivity contribution is 7.99. The van der Waals surface area contributed by atoms with Crippen molar-refractivity contribution in [2.45, 2.75) is 43.4 Å². The lowest BCUT2D eigenvalue weighted by Gasteiger charge is -2.25. The Morgan fingerprint density at radius 1 is 1.43 bits per heavy atom. The molecule has 0 spiro atoms. The van der Waals surface area contributed by atoms with Crippen LogP contribution in [0.15, 0.2) is 18.2 Å². The van der Waals surface area contributed by atoms with Crippen molar-refractivity contribution in [1.82, 2.24) is 10.2 Å². The van der Waals surface area contributed by atoms with Crippen LogP contribution < -0.4 is 10.1 Å². The molecule has 1 heterocycles. The third kappa shape index (κ3) is 3.94. The van der Waals surface area contributed by atoms with Crippen molar-refractivity contribution in [2.75, 3.05) is 26.5 Å². The topological polar surface area (TPSA) is 41.6 Å². The smallest absolute Gasteiger partial charge is 0.317 e. The van der Waals surface area contributed by atoms with Crippen LogP contribution in [0.3, 0.4) is 0 Å². The zero-order chi connectivity index (χ0) is 16.2. The molecule has 1 saturated carbocycles. The maximum absolute atomic E-state index is 12.3. The molecule has 0 aromatic heterocycles. The summed E-state index contributed by atoms with van der Waals surface area (Å²) < 4.78 is 5.52. The van der Waals surface area contributed by atoms with Gasteiger partial charge in [0, 0.05) is 31.3 Å². The molecule has 0 bridgehead atoms. The minimum Gasteiger partial charge on any atom is -0.493 e. The van der Waals surface area contributed by atoms with E-state index in [0.29, 0.717) is 17.8 Å². The first kappa shape index (κ1) is 16.5. The van der Waals surface area contributed by atoms with Gasteiger partial charge >= 0.3 is 6.03 Å². The van der Waals surface area contributed by atoms with Crippen LogP contribution in [0.25, 0.3) is 0 Å². The lowest BCUT2D eigenvalue weighted by molar-refractivity contribution is 0.191. The molecule has 1 aromatic rings. The van der Waals surface area contributed by atoms with Gasteiger partial charge in [-0.1, -0.05) is 12.1 Å². The van der Waals surface area contributed by atoms with Gasteiger partial charge in [-0.3, -0.25) is 0 Å². The summed E-state index contributed by atoms with van der Waals surface area (Å²) in [5.41, 5.74) is 2.56. The quantitative estimate of drug-likeness (QED) is 0.900. The van der Waals surface area contributed by atoms with E-state index in [9.17, 15) is 4.79 Å². The summed E-state index contributed by atoms with van der Waals surface area (Å²) in [7, 11) is 1.93. The number of carbonyl (C=O) groups is 1. The molecule has 4 nitrogen and oxygen atoms in total. The summed E-state index contributed by atoms with van der Waals surface area (Å²) in [6, 6.07) is 6.80. The summed E-state index contributed by atoms with van der Waals surface area (Å²) >= 11 is 1.92. The minimum absolute atomic E-state index is 0.0567. The van der Waals surface area contributed by atoms with Gasteiger partial charge in [-0.05, 0) is 49.1 Å². The molecule has 5 heteroatoms. The molecule has 1 aliphatic heterocycles. The molecule has 1 aliphatic carbocycles. The number of nitrogens with zero attached hydrogens (tertiary/aromatic N) is 1. The lowest BCUT2D eigenvalue weighted by Crippen LogP contribution is -2.43. The second kappa shape index (κ2) is 7.47. The van der Waals surface area contributed by atoms with Crippen LogP contribution in [0.5, 0.6) is 5.75 Å². The number of hydrogen-bond acceptors (Lipinski definition) is 3. The van der Waals surface area contributed by atoms with Gasteiger partial charge in [-0.2, -0.15) is 11.8 Å². The Hall–Kier alpha value is -1.36. The minimum atomic E-state index is 0.0567. The van der Waals surface area contributed by atoms with Crippen LogP contribution >= 0.6 is 11.8 Å². The van der Waals surface area contributed by atoms with Gasteiger partial charge in [-0.15, -0.1) is 0 Å². The number of amides is 2. The number of carbonyl (C=O) groups excluding carboxylic acids is 1. The standard InChI is InChI=1S/C18H26N2O2S/c1-20(15-4-5-16(12-15)23-2)18(21)19-9-7-13-3-6-17-14(11-13)8-10-22-17/h3,6,11,15-16H,4-5,7-10,12H2,1-2H3,(H,19,21)/t15-,16+/m0/s1. The molecule has 126 valence electrons. The number of urea groups is 1. The molecule has 1 fully saturated rings. The second-order valence-corrected chi connectivity index (χ2v) is 7.60. The first-order valence-corrected chi connectivity index (χ1v) is 9.74. The molecule has 0 saturated heterocycles. The summed E-state index contributed by atoms with van der Waals surface area (Å²) in [6.07, 6.45) is 7.49. The van der Waals surface area contributed by atoms with E-state index in [1.54, 1.807) is 0 Å². The van der Waals surface area contributed by atoms with Gasteiger partial charge in [-0.25, -0.2) is 4.79 Å². The van der Waals surface area contributed by atoms with Crippen molar-refractivity contribution in [1.29, 1.82) is 0 Å². The fourth-order valence-electron chi connectivity index (χ4n) is 3.48. The first-order chi connectivity index (χ1) is 11.2. The van der Waals surface area contributed by atoms with Crippen LogP contribution in [0.4, 0.5) is 4.79 Å². The van der Waals surface area contributed by atoms with Crippen molar-refractivity contribution in [2.24, 2.45) is 0 Å². The number of nitrogens with one attached hydrogen (secondary N) is 1. The number of ether oxygens (including phenoxy) is 1. The van der Waals surface area contributed by atoms with Gasteiger partial charge in [0.05, 0.1) is 6.61 Å². The normalized spacial score (nSPS) is 22.5.